The van der Waals surface area contributed by atoms with Crippen LogP contribution in [0.1, 0.15) is 51.4 Å². The summed E-state index contributed by atoms with van der Waals surface area (Å²) in [6, 6.07) is -0.0591. The van der Waals surface area contributed by atoms with Crippen LogP contribution in [0.25, 0.3) is 0 Å². The van der Waals surface area contributed by atoms with Crippen LogP contribution in [0.2, 0.25) is 0 Å². The Bertz CT molecular complexity index is 415. The summed E-state index contributed by atoms with van der Waals surface area (Å²) < 4.78 is 0. The standard InChI is InChI=1S/C15H21NO4/c17-13-11-3-1-2-4-12(11)14(18)16(13)10-7-5-9(6-8-10)15(19)20/h9-12H,1-8H2,(H,19,20)/t9?,10?,11-,12-/m0/s1. The Balaban J connectivity index is 1.70. The van der Waals surface area contributed by atoms with Gasteiger partial charge in [0.2, 0.25) is 11.8 Å². The molecule has 0 aromatic rings. The van der Waals surface area contributed by atoms with E-state index in [4.69, 9.17) is 5.11 Å². The molecule has 0 aromatic carbocycles. The number of rotatable bonds is 2. The van der Waals surface area contributed by atoms with Gasteiger partial charge < -0.3 is 5.11 Å². The average molecular weight is 279 g/mol. The molecule has 5 nitrogen and oxygen atoms in total. The molecule has 0 unspecified atom stereocenters. The fraction of sp³-hybridized carbons (Fsp3) is 0.800. The number of hydrogen-bond donors (Lipinski definition) is 1. The van der Waals surface area contributed by atoms with Crippen molar-refractivity contribution in [2.75, 3.05) is 0 Å². The van der Waals surface area contributed by atoms with Gasteiger partial charge in [-0.05, 0) is 38.5 Å². The van der Waals surface area contributed by atoms with Crippen molar-refractivity contribution in [1.82, 2.24) is 4.90 Å². The first-order valence-corrected chi connectivity index (χ1v) is 7.69. The van der Waals surface area contributed by atoms with E-state index < -0.39 is 5.97 Å². The maximum Gasteiger partial charge on any atom is 0.306 e. The van der Waals surface area contributed by atoms with Gasteiger partial charge >= 0.3 is 5.97 Å². The van der Waals surface area contributed by atoms with Gasteiger partial charge in [0.1, 0.15) is 0 Å². The van der Waals surface area contributed by atoms with Gasteiger partial charge in [-0.2, -0.15) is 0 Å². The number of aliphatic carboxylic acids is 1. The van der Waals surface area contributed by atoms with Crippen molar-refractivity contribution in [2.24, 2.45) is 17.8 Å². The summed E-state index contributed by atoms with van der Waals surface area (Å²) in [5, 5.41) is 9.01. The van der Waals surface area contributed by atoms with Crippen molar-refractivity contribution < 1.29 is 19.5 Å². The zero-order chi connectivity index (χ0) is 14.3. The molecule has 2 atom stereocenters. The molecule has 3 fully saturated rings. The zero-order valence-electron chi connectivity index (χ0n) is 11.6. The summed E-state index contributed by atoms with van der Waals surface area (Å²) in [6.07, 6.45) is 6.21. The molecular weight excluding hydrogens is 258 g/mol. The highest BCUT2D eigenvalue weighted by Gasteiger charge is 2.50. The number of hydrogen-bond acceptors (Lipinski definition) is 3. The molecule has 5 heteroatoms. The maximum atomic E-state index is 12.5. The van der Waals surface area contributed by atoms with Crippen molar-refractivity contribution >= 4 is 17.8 Å². The van der Waals surface area contributed by atoms with Crippen molar-refractivity contribution in [3.05, 3.63) is 0 Å². The molecule has 3 aliphatic rings. The molecule has 2 saturated carbocycles. The van der Waals surface area contributed by atoms with Crippen LogP contribution in [0.4, 0.5) is 0 Å². The Kier molecular flexibility index (Phi) is 3.52. The third-order valence-electron chi connectivity index (χ3n) is 5.29. The number of imide groups is 1. The lowest BCUT2D eigenvalue weighted by Crippen LogP contribution is -2.43. The Morgan fingerprint density at radius 2 is 1.40 bits per heavy atom. The van der Waals surface area contributed by atoms with E-state index in [1.165, 1.54) is 4.90 Å². The molecule has 0 spiro atoms. The van der Waals surface area contributed by atoms with E-state index in [2.05, 4.69) is 0 Å². The SMILES string of the molecule is O=C(O)C1CCC(N2C(=O)[C@H]3CCCC[C@@H]3C2=O)CC1. The zero-order valence-corrected chi connectivity index (χ0v) is 11.6. The molecule has 0 bridgehead atoms. The van der Waals surface area contributed by atoms with Crippen molar-refractivity contribution in [1.29, 1.82) is 0 Å². The van der Waals surface area contributed by atoms with E-state index in [1.807, 2.05) is 0 Å². The number of carbonyl (C=O) groups is 3. The van der Waals surface area contributed by atoms with Crippen molar-refractivity contribution in [3.8, 4) is 0 Å². The van der Waals surface area contributed by atoms with Crippen LogP contribution in [-0.4, -0.2) is 33.8 Å². The number of amides is 2. The number of carboxylic acids is 1. The Morgan fingerprint density at radius 3 is 1.85 bits per heavy atom. The fourth-order valence-corrected chi connectivity index (χ4v) is 4.13. The van der Waals surface area contributed by atoms with Crippen LogP contribution in [0.15, 0.2) is 0 Å². The predicted molar refractivity (Wildman–Crippen MR) is 70.7 cm³/mol. The number of carbonyl (C=O) groups excluding carboxylic acids is 2. The average Bonchev–Trinajstić information content (AvgIpc) is 2.72. The van der Waals surface area contributed by atoms with Gasteiger partial charge in [0, 0.05) is 6.04 Å². The van der Waals surface area contributed by atoms with Crippen LogP contribution in [-0.2, 0) is 14.4 Å². The van der Waals surface area contributed by atoms with Crippen LogP contribution < -0.4 is 0 Å². The third-order valence-corrected chi connectivity index (χ3v) is 5.29. The van der Waals surface area contributed by atoms with E-state index in [1.54, 1.807) is 0 Å². The highest BCUT2D eigenvalue weighted by atomic mass is 16.4. The minimum atomic E-state index is -0.754. The van der Waals surface area contributed by atoms with Gasteiger partial charge in [-0.1, -0.05) is 12.8 Å². The van der Waals surface area contributed by atoms with Crippen LogP contribution in [0, 0.1) is 17.8 Å². The molecule has 2 amide bonds. The maximum absolute atomic E-state index is 12.5. The molecular formula is C15H21NO4. The van der Waals surface area contributed by atoms with E-state index in [0.717, 1.165) is 25.7 Å². The largest absolute Gasteiger partial charge is 0.481 e. The molecule has 3 rings (SSSR count). The van der Waals surface area contributed by atoms with Crippen molar-refractivity contribution in [3.63, 3.8) is 0 Å². The topological polar surface area (TPSA) is 74.7 Å². The van der Waals surface area contributed by atoms with Gasteiger partial charge in [0.15, 0.2) is 0 Å². The molecule has 0 radical (unpaired) electrons. The molecule has 110 valence electrons. The lowest BCUT2D eigenvalue weighted by atomic mass is 9.81. The molecule has 1 aliphatic heterocycles. The Hall–Kier alpha value is -1.39. The first-order chi connectivity index (χ1) is 9.59. The Morgan fingerprint density at radius 1 is 0.900 bits per heavy atom. The van der Waals surface area contributed by atoms with Crippen molar-refractivity contribution in [2.45, 2.75) is 57.4 Å². The highest BCUT2D eigenvalue weighted by Crippen LogP contribution is 2.41. The smallest absolute Gasteiger partial charge is 0.306 e. The minimum absolute atomic E-state index is 0.0125. The second-order valence-corrected chi connectivity index (χ2v) is 6.39. The van der Waals surface area contributed by atoms with Gasteiger partial charge in [0.05, 0.1) is 17.8 Å². The summed E-state index contributed by atoms with van der Waals surface area (Å²) in [7, 11) is 0. The van der Waals surface area contributed by atoms with Gasteiger partial charge in [-0.15, -0.1) is 0 Å². The molecule has 20 heavy (non-hydrogen) atoms. The normalized spacial score (nSPS) is 37.9. The molecule has 1 heterocycles. The molecule has 2 aliphatic carbocycles. The predicted octanol–water partition coefficient (Wildman–Crippen LogP) is 1.80. The first kappa shape index (κ1) is 13.6. The third kappa shape index (κ3) is 2.13. The summed E-state index contributed by atoms with van der Waals surface area (Å²) in [5.41, 5.74) is 0. The lowest BCUT2D eigenvalue weighted by Gasteiger charge is -2.32. The Labute approximate surface area is 118 Å². The molecule has 1 N–H and O–H groups in total. The second-order valence-electron chi connectivity index (χ2n) is 6.39. The number of nitrogens with zero attached hydrogens (tertiary/aromatic N) is 1. The number of carboxylic acid groups (broad SMARTS) is 1. The van der Waals surface area contributed by atoms with E-state index in [0.29, 0.717) is 25.7 Å². The van der Waals surface area contributed by atoms with Crippen LogP contribution in [0.3, 0.4) is 0 Å². The van der Waals surface area contributed by atoms with Gasteiger partial charge in [-0.25, -0.2) is 0 Å². The van der Waals surface area contributed by atoms with Gasteiger partial charge in [-0.3, -0.25) is 19.3 Å². The minimum Gasteiger partial charge on any atom is -0.481 e. The van der Waals surface area contributed by atoms with E-state index in [9.17, 15) is 14.4 Å². The fourth-order valence-electron chi connectivity index (χ4n) is 4.13. The highest BCUT2D eigenvalue weighted by molar-refractivity contribution is 6.05. The van der Waals surface area contributed by atoms with Gasteiger partial charge in [0.25, 0.3) is 0 Å². The lowest BCUT2D eigenvalue weighted by molar-refractivity contribution is -0.145. The quantitative estimate of drug-likeness (QED) is 0.782. The first-order valence-electron chi connectivity index (χ1n) is 7.69. The summed E-state index contributed by atoms with van der Waals surface area (Å²) in [4.78, 5) is 37.4. The second kappa shape index (κ2) is 5.19. The molecule has 0 aromatic heterocycles. The van der Waals surface area contributed by atoms with E-state index in [-0.39, 0.29) is 35.6 Å². The number of likely N-dealkylation sites (tertiary alicyclic amines) is 1. The number of fused-ring (bicyclic) bond motifs is 1. The monoisotopic (exact) mass is 279 g/mol. The van der Waals surface area contributed by atoms with E-state index >= 15 is 0 Å². The summed E-state index contributed by atoms with van der Waals surface area (Å²) in [5.74, 6) is -1.21. The summed E-state index contributed by atoms with van der Waals surface area (Å²) >= 11 is 0. The summed E-state index contributed by atoms with van der Waals surface area (Å²) in [6.45, 7) is 0. The van der Waals surface area contributed by atoms with Crippen LogP contribution >= 0.6 is 0 Å². The van der Waals surface area contributed by atoms with Crippen LogP contribution in [0.5, 0.6) is 0 Å². The molecule has 1 saturated heterocycles.